The fourth-order valence-corrected chi connectivity index (χ4v) is 3.69. The van der Waals surface area contributed by atoms with Crippen LogP contribution >= 0.6 is 11.8 Å². The zero-order valence-electron chi connectivity index (χ0n) is 9.54. The highest BCUT2D eigenvalue weighted by Gasteiger charge is 2.55. The molecule has 86 valence electrons. The van der Waals surface area contributed by atoms with Gasteiger partial charge in [0.15, 0.2) is 0 Å². The van der Waals surface area contributed by atoms with Crippen LogP contribution in [0.5, 0.6) is 0 Å². The maximum atomic E-state index is 12.1. The Hall–Kier alpha value is -0.220. The molecule has 0 aliphatic carbocycles. The number of hydrogen-bond acceptors (Lipinski definition) is 4. The van der Waals surface area contributed by atoms with Crippen molar-refractivity contribution in [3.8, 4) is 0 Å². The van der Waals surface area contributed by atoms with Crippen LogP contribution in [0.1, 0.15) is 20.8 Å². The molecule has 0 N–H and O–H groups in total. The Morgan fingerprint density at radius 2 is 2.27 bits per heavy atom. The number of carbonyl (C=O) groups excluding carboxylic acids is 1. The molecular weight excluding hydrogens is 212 g/mol. The maximum Gasteiger partial charge on any atom is 0.316 e. The lowest BCUT2D eigenvalue weighted by molar-refractivity contribution is -0.167. The molecule has 0 radical (unpaired) electrons. The molecule has 0 spiro atoms. The molecule has 3 nitrogen and oxygen atoms in total. The van der Waals surface area contributed by atoms with Gasteiger partial charge in [0.1, 0.15) is 11.0 Å². The lowest BCUT2D eigenvalue weighted by Crippen LogP contribution is -2.42. The van der Waals surface area contributed by atoms with E-state index in [-0.39, 0.29) is 11.4 Å². The van der Waals surface area contributed by atoms with Crippen LogP contribution in [0.15, 0.2) is 0 Å². The number of ether oxygens (including phenoxy) is 2. The zero-order valence-corrected chi connectivity index (χ0v) is 10.4. The normalized spacial score (nSPS) is 35.3. The minimum Gasteiger partial charge on any atom is -0.459 e. The molecule has 2 saturated heterocycles. The summed E-state index contributed by atoms with van der Waals surface area (Å²) >= 11 is 1.84. The van der Waals surface area contributed by atoms with E-state index in [1.807, 2.05) is 32.5 Å². The molecule has 2 heterocycles. The number of rotatable bonds is 1. The minimum atomic E-state index is -0.397. The second-order valence-electron chi connectivity index (χ2n) is 5.39. The summed E-state index contributed by atoms with van der Waals surface area (Å²) in [5.74, 6) is 2.17. The van der Waals surface area contributed by atoms with Gasteiger partial charge in [-0.15, -0.1) is 0 Å². The summed E-state index contributed by atoms with van der Waals surface area (Å²) in [6, 6.07) is 0. The highest BCUT2D eigenvalue weighted by atomic mass is 32.2. The Kier molecular flexibility index (Phi) is 2.75. The van der Waals surface area contributed by atoms with Gasteiger partial charge in [0, 0.05) is 11.7 Å². The van der Waals surface area contributed by atoms with Gasteiger partial charge in [0.05, 0.1) is 13.2 Å². The quantitative estimate of drug-likeness (QED) is 0.642. The van der Waals surface area contributed by atoms with Crippen LogP contribution in [0.2, 0.25) is 0 Å². The molecule has 0 amide bonds. The lowest BCUT2D eigenvalue weighted by atomic mass is 9.81. The number of carbonyl (C=O) groups is 1. The summed E-state index contributed by atoms with van der Waals surface area (Å²) in [6.45, 7) is 6.99. The molecule has 0 aromatic rings. The Balaban J connectivity index is 2.11. The molecule has 0 bridgehead atoms. The average molecular weight is 230 g/mol. The average Bonchev–Trinajstić information content (AvgIpc) is 2.55. The zero-order chi connectivity index (χ0) is 11.1. The van der Waals surface area contributed by atoms with Gasteiger partial charge in [-0.2, -0.15) is 11.8 Å². The van der Waals surface area contributed by atoms with Crippen LogP contribution in [0, 0.1) is 11.3 Å². The second-order valence-corrected chi connectivity index (χ2v) is 6.42. The highest BCUT2D eigenvalue weighted by molar-refractivity contribution is 7.99. The van der Waals surface area contributed by atoms with Crippen LogP contribution in [0.3, 0.4) is 0 Å². The molecule has 2 rings (SSSR count). The fourth-order valence-electron chi connectivity index (χ4n) is 2.08. The summed E-state index contributed by atoms with van der Waals surface area (Å²) in [5, 5.41) is 0. The molecule has 2 atom stereocenters. The standard InChI is InChI=1S/C11H18O3S/c1-10(2,3)14-9(12)11-6-13-4-8(11)5-15-7-11/h8H,4-7H2,1-3H3/t8-,11-/m0/s1. The first-order chi connectivity index (χ1) is 6.94. The van der Waals surface area contributed by atoms with Crippen molar-refractivity contribution in [2.45, 2.75) is 26.4 Å². The molecule has 4 heteroatoms. The van der Waals surface area contributed by atoms with Crippen molar-refractivity contribution in [3.63, 3.8) is 0 Å². The van der Waals surface area contributed by atoms with E-state index in [1.165, 1.54) is 0 Å². The second kappa shape index (κ2) is 3.67. The third kappa shape index (κ3) is 2.02. The first-order valence-corrected chi connectivity index (χ1v) is 6.48. The van der Waals surface area contributed by atoms with E-state index in [2.05, 4.69) is 0 Å². The van der Waals surface area contributed by atoms with Crippen LogP contribution in [0.4, 0.5) is 0 Å². The van der Waals surface area contributed by atoms with Crippen molar-refractivity contribution in [1.29, 1.82) is 0 Å². The van der Waals surface area contributed by atoms with E-state index in [0.29, 0.717) is 19.1 Å². The van der Waals surface area contributed by atoms with Gasteiger partial charge in [-0.1, -0.05) is 0 Å². The summed E-state index contributed by atoms with van der Waals surface area (Å²) in [4.78, 5) is 12.1. The number of hydrogen-bond donors (Lipinski definition) is 0. The monoisotopic (exact) mass is 230 g/mol. The largest absolute Gasteiger partial charge is 0.459 e. The predicted octanol–water partition coefficient (Wildman–Crippen LogP) is 1.71. The molecule has 2 aliphatic rings. The molecule has 2 fully saturated rings. The number of fused-ring (bicyclic) bond motifs is 1. The van der Waals surface area contributed by atoms with E-state index < -0.39 is 5.60 Å². The Morgan fingerprint density at radius 3 is 2.93 bits per heavy atom. The van der Waals surface area contributed by atoms with Gasteiger partial charge in [-0.05, 0) is 26.5 Å². The Morgan fingerprint density at radius 1 is 1.53 bits per heavy atom. The van der Waals surface area contributed by atoms with Crippen molar-refractivity contribution < 1.29 is 14.3 Å². The van der Waals surface area contributed by atoms with E-state index >= 15 is 0 Å². The van der Waals surface area contributed by atoms with Gasteiger partial charge >= 0.3 is 5.97 Å². The predicted molar refractivity (Wildman–Crippen MR) is 59.9 cm³/mol. The SMILES string of the molecule is CC(C)(C)OC(=O)[C@]12COC[C@H]1CSC2. The molecule has 15 heavy (non-hydrogen) atoms. The fraction of sp³-hybridized carbons (Fsp3) is 0.909. The Bertz CT molecular complexity index is 259. The van der Waals surface area contributed by atoms with Crippen molar-refractivity contribution in [1.82, 2.24) is 0 Å². The minimum absolute atomic E-state index is 0.0671. The van der Waals surface area contributed by atoms with Gasteiger partial charge < -0.3 is 9.47 Å². The highest BCUT2D eigenvalue weighted by Crippen LogP contribution is 2.46. The van der Waals surface area contributed by atoms with Crippen LogP contribution in [-0.4, -0.2) is 36.3 Å². The van der Waals surface area contributed by atoms with Crippen molar-refractivity contribution >= 4 is 17.7 Å². The van der Waals surface area contributed by atoms with Crippen LogP contribution in [-0.2, 0) is 14.3 Å². The summed E-state index contributed by atoms with van der Waals surface area (Å²) in [7, 11) is 0. The van der Waals surface area contributed by atoms with Crippen molar-refractivity contribution in [2.75, 3.05) is 24.7 Å². The first kappa shape index (κ1) is 11.3. The summed E-state index contributed by atoms with van der Waals surface area (Å²) in [6.07, 6.45) is 0. The topological polar surface area (TPSA) is 35.5 Å². The molecule has 0 aromatic heterocycles. The smallest absolute Gasteiger partial charge is 0.316 e. The molecule has 2 aliphatic heterocycles. The maximum absolute atomic E-state index is 12.1. The van der Waals surface area contributed by atoms with Crippen molar-refractivity contribution in [2.24, 2.45) is 11.3 Å². The number of esters is 1. The third-order valence-corrected chi connectivity index (χ3v) is 4.30. The molecule has 0 saturated carbocycles. The van der Waals surface area contributed by atoms with Gasteiger partial charge in [-0.25, -0.2) is 0 Å². The van der Waals surface area contributed by atoms with Gasteiger partial charge in [0.25, 0.3) is 0 Å². The van der Waals surface area contributed by atoms with Crippen LogP contribution in [0.25, 0.3) is 0 Å². The third-order valence-electron chi connectivity index (χ3n) is 2.94. The number of thioether (sulfide) groups is 1. The van der Waals surface area contributed by atoms with E-state index in [9.17, 15) is 4.79 Å². The summed E-state index contributed by atoms with van der Waals surface area (Å²) in [5.41, 5.74) is -0.746. The van der Waals surface area contributed by atoms with E-state index in [0.717, 1.165) is 11.5 Å². The van der Waals surface area contributed by atoms with E-state index in [4.69, 9.17) is 9.47 Å². The van der Waals surface area contributed by atoms with Crippen molar-refractivity contribution in [3.05, 3.63) is 0 Å². The molecule has 0 aromatic carbocycles. The van der Waals surface area contributed by atoms with Crippen LogP contribution < -0.4 is 0 Å². The van der Waals surface area contributed by atoms with Gasteiger partial charge in [0.2, 0.25) is 0 Å². The summed E-state index contributed by atoms with van der Waals surface area (Å²) < 4.78 is 10.9. The Labute approximate surface area is 94.9 Å². The first-order valence-electron chi connectivity index (χ1n) is 5.33. The molecule has 0 unspecified atom stereocenters. The van der Waals surface area contributed by atoms with E-state index in [1.54, 1.807) is 0 Å². The van der Waals surface area contributed by atoms with Gasteiger partial charge in [-0.3, -0.25) is 4.79 Å². The molecular formula is C11H18O3S. The lowest BCUT2D eigenvalue weighted by Gasteiger charge is -2.29.